The molecule has 0 aromatic carbocycles. The molecule has 1 rings (SSSR count). The van der Waals surface area contributed by atoms with Crippen LogP contribution in [0, 0.1) is 0 Å². The molecule has 0 aliphatic heterocycles. The summed E-state index contributed by atoms with van der Waals surface area (Å²) in [6, 6.07) is 3.76. The van der Waals surface area contributed by atoms with Gasteiger partial charge in [-0.15, -0.1) is 0 Å². The molecule has 0 radical (unpaired) electrons. The molecule has 0 spiro atoms. The topological polar surface area (TPSA) is 38.9 Å². The van der Waals surface area contributed by atoms with Gasteiger partial charge in [0.2, 0.25) is 0 Å². The number of hydrogen-bond donors (Lipinski definition) is 1. The number of aromatic nitrogens is 1. The second-order valence-electron chi connectivity index (χ2n) is 2.79. The van der Waals surface area contributed by atoms with Crippen molar-refractivity contribution >= 4 is 5.69 Å². The van der Waals surface area contributed by atoms with Crippen molar-refractivity contribution in [3.63, 3.8) is 0 Å². The summed E-state index contributed by atoms with van der Waals surface area (Å²) in [5.74, 6) is 0.469. The Kier molecular flexibility index (Phi) is 2.47. The highest BCUT2D eigenvalue weighted by molar-refractivity contribution is 5.43. The van der Waals surface area contributed by atoms with Crippen molar-refractivity contribution in [3.8, 4) is 0 Å². The smallest absolute Gasteiger partial charge is 0.0660 e. The minimum atomic E-state index is 0.469. The summed E-state index contributed by atoms with van der Waals surface area (Å²) in [6.07, 6.45) is 2.87. The normalized spacial score (nSPS) is 12.9. The molecule has 1 heterocycles. The molecule has 0 saturated heterocycles. The second-order valence-corrected chi connectivity index (χ2v) is 2.79. The van der Waals surface area contributed by atoms with E-state index in [0.717, 1.165) is 17.8 Å². The first-order valence-electron chi connectivity index (χ1n) is 3.96. The number of nitrogens with two attached hydrogens (primary N) is 1. The van der Waals surface area contributed by atoms with Crippen LogP contribution >= 0.6 is 0 Å². The van der Waals surface area contributed by atoms with E-state index in [1.165, 1.54) is 0 Å². The van der Waals surface area contributed by atoms with Gasteiger partial charge in [0.1, 0.15) is 0 Å². The van der Waals surface area contributed by atoms with Crippen LogP contribution in [0.2, 0.25) is 0 Å². The van der Waals surface area contributed by atoms with Gasteiger partial charge in [0.05, 0.1) is 11.4 Å². The van der Waals surface area contributed by atoms with Crippen LogP contribution in [0.15, 0.2) is 18.3 Å². The Balaban J connectivity index is 2.93. The van der Waals surface area contributed by atoms with Gasteiger partial charge in [-0.1, -0.05) is 13.8 Å². The maximum atomic E-state index is 5.73. The van der Waals surface area contributed by atoms with E-state index in [-0.39, 0.29) is 0 Å². The third kappa shape index (κ3) is 1.70. The van der Waals surface area contributed by atoms with Crippen LogP contribution in [0.5, 0.6) is 0 Å². The standard InChI is InChI=1S/C9H14N2/c1-3-7(2)9-8(10)5-4-6-11-9/h4-7H,3,10H2,1-2H3. The highest BCUT2D eigenvalue weighted by Crippen LogP contribution is 2.20. The summed E-state index contributed by atoms with van der Waals surface area (Å²) in [4.78, 5) is 4.22. The summed E-state index contributed by atoms with van der Waals surface area (Å²) in [5.41, 5.74) is 7.56. The second kappa shape index (κ2) is 3.37. The summed E-state index contributed by atoms with van der Waals surface area (Å²) in [7, 11) is 0. The van der Waals surface area contributed by atoms with Crippen LogP contribution in [-0.2, 0) is 0 Å². The van der Waals surface area contributed by atoms with Gasteiger partial charge in [-0.2, -0.15) is 0 Å². The van der Waals surface area contributed by atoms with Gasteiger partial charge in [-0.25, -0.2) is 0 Å². The number of pyridine rings is 1. The van der Waals surface area contributed by atoms with E-state index in [4.69, 9.17) is 5.73 Å². The van der Waals surface area contributed by atoms with Crippen LogP contribution in [0.3, 0.4) is 0 Å². The summed E-state index contributed by atoms with van der Waals surface area (Å²) >= 11 is 0. The molecule has 0 aliphatic rings. The lowest BCUT2D eigenvalue weighted by Gasteiger charge is -2.09. The van der Waals surface area contributed by atoms with Crippen molar-refractivity contribution in [2.45, 2.75) is 26.2 Å². The first kappa shape index (κ1) is 8.05. The fourth-order valence-electron chi connectivity index (χ4n) is 1.04. The molecule has 2 heteroatoms. The first-order valence-corrected chi connectivity index (χ1v) is 3.96. The van der Waals surface area contributed by atoms with Crippen molar-refractivity contribution < 1.29 is 0 Å². The number of anilines is 1. The SMILES string of the molecule is CCC(C)c1ncccc1N. The summed E-state index contributed by atoms with van der Waals surface area (Å²) in [5, 5.41) is 0. The van der Waals surface area contributed by atoms with Gasteiger partial charge >= 0.3 is 0 Å². The lowest BCUT2D eigenvalue weighted by molar-refractivity contribution is 0.711. The van der Waals surface area contributed by atoms with Gasteiger partial charge in [-0.3, -0.25) is 4.98 Å². The Labute approximate surface area is 67.5 Å². The lowest BCUT2D eigenvalue weighted by Crippen LogP contribution is -2.00. The van der Waals surface area contributed by atoms with Gasteiger partial charge < -0.3 is 5.73 Å². The number of hydrogen-bond acceptors (Lipinski definition) is 2. The minimum absolute atomic E-state index is 0.469. The molecule has 0 amide bonds. The predicted molar refractivity (Wildman–Crippen MR) is 47.4 cm³/mol. The number of rotatable bonds is 2. The van der Waals surface area contributed by atoms with E-state index in [2.05, 4.69) is 18.8 Å². The average molecular weight is 150 g/mol. The molecule has 2 N–H and O–H groups in total. The minimum Gasteiger partial charge on any atom is -0.397 e. The molecule has 1 aromatic rings. The van der Waals surface area contributed by atoms with Crippen molar-refractivity contribution in [3.05, 3.63) is 24.0 Å². The molecule has 11 heavy (non-hydrogen) atoms. The van der Waals surface area contributed by atoms with Crippen molar-refractivity contribution in [1.82, 2.24) is 4.98 Å². The first-order chi connectivity index (χ1) is 5.25. The summed E-state index contributed by atoms with van der Waals surface area (Å²) in [6.45, 7) is 4.28. The molecule has 1 aromatic heterocycles. The molecular formula is C9H14N2. The van der Waals surface area contributed by atoms with Gasteiger partial charge in [0.15, 0.2) is 0 Å². The van der Waals surface area contributed by atoms with Crippen LogP contribution in [-0.4, -0.2) is 4.98 Å². The van der Waals surface area contributed by atoms with E-state index >= 15 is 0 Å². The molecule has 1 unspecified atom stereocenters. The third-order valence-corrected chi connectivity index (χ3v) is 1.95. The molecule has 1 atom stereocenters. The third-order valence-electron chi connectivity index (χ3n) is 1.95. The fraction of sp³-hybridized carbons (Fsp3) is 0.444. The molecule has 60 valence electrons. The molecule has 2 nitrogen and oxygen atoms in total. The average Bonchev–Trinajstić information content (AvgIpc) is 2.04. The number of nitrogen functional groups attached to an aromatic ring is 1. The Morgan fingerprint density at radius 1 is 1.64 bits per heavy atom. The quantitative estimate of drug-likeness (QED) is 0.701. The van der Waals surface area contributed by atoms with Crippen LogP contribution in [0.4, 0.5) is 5.69 Å². The van der Waals surface area contributed by atoms with Crippen LogP contribution in [0.25, 0.3) is 0 Å². The van der Waals surface area contributed by atoms with Crippen LogP contribution in [0.1, 0.15) is 31.9 Å². The largest absolute Gasteiger partial charge is 0.397 e. The Hall–Kier alpha value is -1.05. The van der Waals surface area contributed by atoms with Crippen molar-refractivity contribution in [2.75, 3.05) is 5.73 Å². The highest BCUT2D eigenvalue weighted by atomic mass is 14.7. The number of nitrogens with zero attached hydrogens (tertiary/aromatic N) is 1. The Morgan fingerprint density at radius 3 is 2.91 bits per heavy atom. The lowest BCUT2D eigenvalue weighted by atomic mass is 10.0. The predicted octanol–water partition coefficient (Wildman–Crippen LogP) is 2.18. The van der Waals surface area contributed by atoms with E-state index in [9.17, 15) is 0 Å². The van der Waals surface area contributed by atoms with Gasteiger partial charge in [-0.05, 0) is 18.6 Å². The van der Waals surface area contributed by atoms with E-state index < -0.39 is 0 Å². The van der Waals surface area contributed by atoms with E-state index in [1.807, 2.05) is 12.1 Å². The van der Waals surface area contributed by atoms with E-state index in [1.54, 1.807) is 6.20 Å². The maximum absolute atomic E-state index is 5.73. The Morgan fingerprint density at radius 2 is 2.36 bits per heavy atom. The molecule has 0 bridgehead atoms. The zero-order chi connectivity index (χ0) is 8.27. The molecule has 0 aliphatic carbocycles. The molecular weight excluding hydrogens is 136 g/mol. The van der Waals surface area contributed by atoms with Crippen molar-refractivity contribution in [1.29, 1.82) is 0 Å². The van der Waals surface area contributed by atoms with Crippen molar-refractivity contribution in [2.24, 2.45) is 0 Å². The Bertz CT molecular complexity index is 233. The zero-order valence-corrected chi connectivity index (χ0v) is 7.04. The van der Waals surface area contributed by atoms with E-state index in [0.29, 0.717) is 5.92 Å². The molecule has 0 fully saturated rings. The monoisotopic (exact) mass is 150 g/mol. The van der Waals surface area contributed by atoms with Crippen LogP contribution < -0.4 is 5.73 Å². The summed E-state index contributed by atoms with van der Waals surface area (Å²) < 4.78 is 0. The van der Waals surface area contributed by atoms with Gasteiger partial charge in [0, 0.05) is 12.1 Å². The van der Waals surface area contributed by atoms with Gasteiger partial charge in [0.25, 0.3) is 0 Å². The maximum Gasteiger partial charge on any atom is 0.0660 e. The fourth-order valence-corrected chi connectivity index (χ4v) is 1.04. The molecule has 0 saturated carbocycles. The zero-order valence-electron chi connectivity index (χ0n) is 7.04. The highest BCUT2D eigenvalue weighted by Gasteiger charge is 2.06.